The van der Waals surface area contributed by atoms with Gasteiger partial charge in [0.2, 0.25) is 0 Å². The Balaban J connectivity index is 0.00000112. The molecular weight excluding hydrogens is 208 g/mol. The second kappa shape index (κ2) is 6.07. The zero-order valence-corrected chi connectivity index (χ0v) is 10.6. The van der Waals surface area contributed by atoms with Gasteiger partial charge in [0.15, 0.2) is 0 Å². The molecule has 0 aromatic rings. The van der Waals surface area contributed by atoms with E-state index in [0.717, 1.165) is 18.5 Å². The van der Waals surface area contributed by atoms with E-state index in [1.807, 2.05) is 0 Å². The molecule has 1 heterocycles. The number of hydrogen-bond donors (Lipinski definition) is 1. The van der Waals surface area contributed by atoms with Crippen LogP contribution in [0.5, 0.6) is 0 Å². The third-order valence-electron chi connectivity index (χ3n) is 4.03. The Morgan fingerprint density at radius 2 is 1.93 bits per heavy atom. The Labute approximate surface area is 100.0 Å². The summed E-state index contributed by atoms with van der Waals surface area (Å²) in [7, 11) is 0. The summed E-state index contributed by atoms with van der Waals surface area (Å²) in [5.41, 5.74) is 5.93. The summed E-state index contributed by atoms with van der Waals surface area (Å²) in [6.45, 7) is 4.75. The van der Waals surface area contributed by atoms with Crippen LogP contribution in [-0.2, 0) is 0 Å². The number of rotatable bonds is 3. The van der Waals surface area contributed by atoms with E-state index in [9.17, 15) is 0 Å². The molecule has 2 nitrogen and oxygen atoms in total. The largest absolute Gasteiger partial charge is 0.326 e. The zero-order chi connectivity index (χ0) is 9.97. The first-order valence-corrected chi connectivity index (χ1v) is 6.25. The van der Waals surface area contributed by atoms with Gasteiger partial charge >= 0.3 is 0 Å². The molecule has 1 aliphatic heterocycles. The molecule has 0 spiro atoms. The summed E-state index contributed by atoms with van der Waals surface area (Å²) in [5, 5.41) is 0. The number of nitrogens with two attached hydrogens (primary N) is 1. The monoisotopic (exact) mass is 232 g/mol. The average molecular weight is 233 g/mol. The minimum atomic E-state index is 0. The molecule has 1 saturated heterocycles. The highest BCUT2D eigenvalue weighted by atomic mass is 35.5. The Morgan fingerprint density at radius 3 is 2.47 bits per heavy atom. The van der Waals surface area contributed by atoms with E-state index in [-0.39, 0.29) is 12.4 Å². The maximum atomic E-state index is 5.93. The van der Waals surface area contributed by atoms with Crippen LogP contribution in [-0.4, -0.2) is 30.1 Å². The highest BCUT2D eigenvalue weighted by molar-refractivity contribution is 5.85. The van der Waals surface area contributed by atoms with Gasteiger partial charge in [-0.25, -0.2) is 0 Å². The predicted octanol–water partition coefficient (Wildman–Crippen LogP) is 2.41. The smallest absolute Gasteiger partial charge is 0.0180 e. The number of nitrogens with zero attached hydrogens (tertiary/aromatic N) is 1. The van der Waals surface area contributed by atoms with Crippen LogP contribution in [0.15, 0.2) is 0 Å². The molecule has 90 valence electrons. The van der Waals surface area contributed by atoms with Crippen LogP contribution in [0, 0.1) is 5.92 Å². The molecule has 0 amide bonds. The molecule has 2 atom stereocenters. The summed E-state index contributed by atoms with van der Waals surface area (Å²) in [6, 6.07) is 1.22. The van der Waals surface area contributed by atoms with Crippen molar-refractivity contribution in [2.75, 3.05) is 13.1 Å². The molecule has 0 radical (unpaired) electrons. The summed E-state index contributed by atoms with van der Waals surface area (Å²) < 4.78 is 0. The van der Waals surface area contributed by atoms with Gasteiger partial charge in [-0.2, -0.15) is 0 Å². The average Bonchev–Trinajstić information content (AvgIpc) is 2.75. The lowest BCUT2D eigenvalue weighted by Crippen LogP contribution is -2.34. The van der Waals surface area contributed by atoms with E-state index in [1.54, 1.807) is 0 Å². The molecule has 0 aromatic carbocycles. The molecule has 3 heteroatoms. The molecule has 1 unspecified atom stereocenters. The van der Waals surface area contributed by atoms with Crippen LogP contribution in [0.2, 0.25) is 0 Å². The van der Waals surface area contributed by atoms with Crippen LogP contribution in [0.4, 0.5) is 0 Å². The fourth-order valence-electron chi connectivity index (χ4n) is 3.09. The molecule has 2 N–H and O–H groups in total. The van der Waals surface area contributed by atoms with Crippen molar-refractivity contribution in [2.45, 2.75) is 57.5 Å². The van der Waals surface area contributed by atoms with Crippen LogP contribution in [0.3, 0.4) is 0 Å². The van der Waals surface area contributed by atoms with Gasteiger partial charge in [0.05, 0.1) is 0 Å². The maximum absolute atomic E-state index is 5.93. The fourth-order valence-corrected chi connectivity index (χ4v) is 3.09. The van der Waals surface area contributed by atoms with E-state index in [1.165, 1.54) is 45.1 Å². The van der Waals surface area contributed by atoms with Crippen molar-refractivity contribution < 1.29 is 0 Å². The van der Waals surface area contributed by atoms with E-state index in [2.05, 4.69) is 11.8 Å². The van der Waals surface area contributed by atoms with Gasteiger partial charge in [-0.15, -0.1) is 12.4 Å². The SMILES string of the molecule is CC(CC1CCCC1)N1CC[C@H](N)C1.Cl. The van der Waals surface area contributed by atoms with Gasteiger partial charge in [0.25, 0.3) is 0 Å². The molecule has 2 rings (SSSR count). The van der Waals surface area contributed by atoms with Gasteiger partial charge in [0, 0.05) is 18.6 Å². The van der Waals surface area contributed by atoms with Crippen LogP contribution in [0.1, 0.15) is 45.4 Å². The minimum absolute atomic E-state index is 0. The third-order valence-corrected chi connectivity index (χ3v) is 4.03. The molecular formula is C12H25ClN2. The standard InChI is InChI=1S/C12H24N2.ClH/c1-10(8-11-4-2-3-5-11)14-7-6-12(13)9-14;/h10-12H,2-9,13H2,1H3;1H/t10?,12-;/m0./s1. The Hall–Kier alpha value is 0.210. The van der Waals surface area contributed by atoms with Gasteiger partial charge in [-0.3, -0.25) is 4.90 Å². The predicted molar refractivity (Wildman–Crippen MR) is 67.5 cm³/mol. The van der Waals surface area contributed by atoms with Gasteiger partial charge in [-0.05, 0) is 32.2 Å². The molecule has 0 aromatic heterocycles. The van der Waals surface area contributed by atoms with E-state index in [0.29, 0.717) is 6.04 Å². The molecule has 15 heavy (non-hydrogen) atoms. The normalized spacial score (nSPS) is 30.4. The lowest BCUT2D eigenvalue weighted by Gasteiger charge is -2.26. The molecule has 2 fully saturated rings. The Bertz CT molecular complexity index is 180. The summed E-state index contributed by atoms with van der Waals surface area (Å²) in [5.74, 6) is 1.02. The third kappa shape index (κ3) is 3.61. The van der Waals surface area contributed by atoms with Crippen molar-refractivity contribution in [1.82, 2.24) is 4.90 Å². The van der Waals surface area contributed by atoms with Crippen LogP contribution < -0.4 is 5.73 Å². The second-order valence-electron chi connectivity index (χ2n) is 5.28. The van der Waals surface area contributed by atoms with Crippen LogP contribution in [0.25, 0.3) is 0 Å². The molecule has 1 saturated carbocycles. The van der Waals surface area contributed by atoms with Crippen molar-refractivity contribution in [3.8, 4) is 0 Å². The summed E-state index contributed by atoms with van der Waals surface area (Å²) in [6.07, 6.45) is 8.50. The van der Waals surface area contributed by atoms with E-state index < -0.39 is 0 Å². The van der Waals surface area contributed by atoms with Crippen LogP contribution >= 0.6 is 12.4 Å². The lowest BCUT2D eigenvalue weighted by atomic mass is 9.99. The number of likely N-dealkylation sites (tertiary alicyclic amines) is 1. The molecule has 1 aliphatic carbocycles. The first-order valence-electron chi connectivity index (χ1n) is 6.25. The van der Waals surface area contributed by atoms with Gasteiger partial charge in [-0.1, -0.05) is 25.7 Å². The maximum Gasteiger partial charge on any atom is 0.0180 e. The summed E-state index contributed by atoms with van der Waals surface area (Å²) >= 11 is 0. The Kier molecular flexibility index (Phi) is 5.37. The highest BCUT2D eigenvalue weighted by Gasteiger charge is 2.26. The Morgan fingerprint density at radius 1 is 1.27 bits per heavy atom. The first kappa shape index (κ1) is 13.3. The van der Waals surface area contributed by atoms with Crippen molar-refractivity contribution in [3.63, 3.8) is 0 Å². The number of halogens is 1. The molecule has 0 bridgehead atoms. The topological polar surface area (TPSA) is 29.3 Å². The lowest BCUT2D eigenvalue weighted by molar-refractivity contribution is 0.218. The van der Waals surface area contributed by atoms with Gasteiger partial charge < -0.3 is 5.73 Å². The second-order valence-corrected chi connectivity index (χ2v) is 5.28. The minimum Gasteiger partial charge on any atom is -0.326 e. The number of hydrogen-bond acceptors (Lipinski definition) is 2. The van der Waals surface area contributed by atoms with Crippen molar-refractivity contribution in [3.05, 3.63) is 0 Å². The van der Waals surface area contributed by atoms with E-state index in [4.69, 9.17) is 5.73 Å². The fraction of sp³-hybridized carbons (Fsp3) is 1.00. The van der Waals surface area contributed by atoms with E-state index >= 15 is 0 Å². The quantitative estimate of drug-likeness (QED) is 0.810. The van der Waals surface area contributed by atoms with Crippen molar-refractivity contribution in [2.24, 2.45) is 11.7 Å². The van der Waals surface area contributed by atoms with Gasteiger partial charge in [0.1, 0.15) is 0 Å². The zero-order valence-electron chi connectivity index (χ0n) is 9.82. The van der Waals surface area contributed by atoms with Crippen molar-refractivity contribution in [1.29, 1.82) is 0 Å². The first-order chi connectivity index (χ1) is 6.75. The summed E-state index contributed by atoms with van der Waals surface area (Å²) in [4.78, 5) is 2.59. The van der Waals surface area contributed by atoms with Crippen molar-refractivity contribution >= 4 is 12.4 Å². The molecule has 2 aliphatic rings. The highest BCUT2D eigenvalue weighted by Crippen LogP contribution is 2.30.